The van der Waals surface area contributed by atoms with Crippen molar-refractivity contribution in [2.45, 2.75) is 88.5 Å². The van der Waals surface area contributed by atoms with Crippen LogP contribution in [0.15, 0.2) is 36.4 Å². The van der Waals surface area contributed by atoms with Gasteiger partial charge in [0.25, 0.3) is 0 Å². The van der Waals surface area contributed by atoms with E-state index in [2.05, 4.69) is 59.4 Å². The monoisotopic (exact) mass is 326 g/mol. The van der Waals surface area contributed by atoms with Crippen molar-refractivity contribution in [3.63, 3.8) is 0 Å². The number of aryl methyl sites for hydroxylation is 2. The van der Waals surface area contributed by atoms with Gasteiger partial charge in [-0.2, -0.15) is 0 Å². The molecule has 0 bridgehead atoms. The molecule has 1 heteroatoms. The Morgan fingerprint density at radius 1 is 1.05 bits per heavy atom. The van der Waals surface area contributed by atoms with E-state index in [1.54, 1.807) is 0 Å². The molecule has 0 amide bonds. The first kappa shape index (κ1) is 29.2. The standard InChI is InChI=1S/C7H10S.C7H12.C3H8.2C2H6/c1-3-7-5-4-6(2)8-7;1-4-7(5-2)6-3;1-3-2;2*1-2/h4-5H,3H2,1-2H3;4-5H,1,6H2,2-3H3;3H2,1-2H3;2*1-2H3/b;7-5+;;;. The van der Waals surface area contributed by atoms with E-state index < -0.39 is 0 Å². The third-order valence-corrected chi connectivity index (χ3v) is 3.33. The molecule has 1 rings (SSSR count). The molecule has 0 atom stereocenters. The summed E-state index contributed by atoms with van der Waals surface area (Å²) in [4.78, 5) is 2.91. The lowest BCUT2D eigenvalue weighted by Gasteiger charge is -1.88. The van der Waals surface area contributed by atoms with Crippen molar-refractivity contribution in [2.24, 2.45) is 0 Å². The summed E-state index contributed by atoms with van der Waals surface area (Å²) in [6, 6.07) is 4.36. The first-order chi connectivity index (χ1) is 10.6. The predicted octanol–water partition coefficient (Wildman–Crippen LogP) is 8.62. The van der Waals surface area contributed by atoms with Crippen molar-refractivity contribution in [1.29, 1.82) is 0 Å². The molecule has 0 N–H and O–H groups in total. The van der Waals surface area contributed by atoms with Crippen LogP contribution in [0.1, 0.15) is 84.9 Å². The maximum absolute atomic E-state index is 3.63. The fourth-order valence-corrected chi connectivity index (χ4v) is 1.97. The molecule has 0 aliphatic carbocycles. The van der Waals surface area contributed by atoms with E-state index in [1.807, 2.05) is 52.0 Å². The average molecular weight is 327 g/mol. The topological polar surface area (TPSA) is 0 Å². The Kier molecular flexibility index (Phi) is 37.7. The van der Waals surface area contributed by atoms with Gasteiger partial charge in [-0.25, -0.2) is 0 Å². The highest BCUT2D eigenvalue weighted by Crippen LogP contribution is 2.14. The molecule has 1 aromatic rings. The van der Waals surface area contributed by atoms with Gasteiger partial charge >= 0.3 is 0 Å². The summed E-state index contributed by atoms with van der Waals surface area (Å²) in [5.74, 6) is 0. The van der Waals surface area contributed by atoms with E-state index in [-0.39, 0.29) is 0 Å². The lowest BCUT2D eigenvalue weighted by molar-refractivity contribution is 1.09. The minimum atomic E-state index is 1.10. The summed E-state index contributed by atoms with van der Waals surface area (Å²) < 4.78 is 0. The number of rotatable bonds is 3. The van der Waals surface area contributed by atoms with Crippen LogP contribution in [0.3, 0.4) is 0 Å². The maximum Gasteiger partial charge on any atom is 0.00453 e. The molecule has 0 spiro atoms. The Morgan fingerprint density at radius 3 is 1.59 bits per heavy atom. The molecular formula is C21H42S. The zero-order valence-electron chi connectivity index (χ0n) is 17.0. The van der Waals surface area contributed by atoms with Crippen LogP contribution in [0, 0.1) is 6.92 Å². The molecule has 0 fully saturated rings. The lowest BCUT2D eigenvalue weighted by atomic mass is 10.2. The van der Waals surface area contributed by atoms with Crippen LogP contribution in [0.2, 0.25) is 0 Å². The zero-order valence-corrected chi connectivity index (χ0v) is 17.9. The first-order valence-electron chi connectivity index (χ1n) is 8.92. The molecule has 22 heavy (non-hydrogen) atoms. The van der Waals surface area contributed by atoms with E-state index in [9.17, 15) is 0 Å². The largest absolute Gasteiger partial charge is 0.146 e. The fourth-order valence-electron chi connectivity index (χ4n) is 1.14. The Bertz CT molecular complexity index is 318. The van der Waals surface area contributed by atoms with E-state index in [4.69, 9.17) is 0 Å². The third kappa shape index (κ3) is 24.2. The molecular weight excluding hydrogens is 284 g/mol. The SMILES string of the molecule is C=C/C(=C\C)CC.CC.CC.CCC.CCc1ccc(C)s1. The Balaban J connectivity index is -0.000000106. The molecule has 0 saturated carbocycles. The van der Waals surface area contributed by atoms with Gasteiger partial charge in [0.2, 0.25) is 0 Å². The van der Waals surface area contributed by atoms with Gasteiger partial charge in [0.15, 0.2) is 0 Å². The second-order valence-corrected chi connectivity index (χ2v) is 5.37. The van der Waals surface area contributed by atoms with Crippen LogP contribution in [0.4, 0.5) is 0 Å². The van der Waals surface area contributed by atoms with Crippen LogP contribution >= 0.6 is 11.3 Å². The minimum Gasteiger partial charge on any atom is -0.146 e. The first-order valence-corrected chi connectivity index (χ1v) is 9.73. The van der Waals surface area contributed by atoms with Gasteiger partial charge in [-0.15, -0.1) is 11.3 Å². The number of thiophene rings is 1. The van der Waals surface area contributed by atoms with E-state index in [0.717, 1.165) is 6.42 Å². The highest BCUT2D eigenvalue weighted by molar-refractivity contribution is 7.11. The summed E-state index contributed by atoms with van der Waals surface area (Å²) in [5, 5.41) is 0. The van der Waals surface area contributed by atoms with Crippen molar-refractivity contribution >= 4 is 11.3 Å². The van der Waals surface area contributed by atoms with E-state index >= 15 is 0 Å². The van der Waals surface area contributed by atoms with Crippen LogP contribution in [0.5, 0.6) is 0 Å². The van der Waals surface area contributed by atoms with Gasteiger partial charge in [-0.3, -0.25) is 0 Å². The van der Waals surface area contributed by atoms with Gasteiger partial charge in [-0.1, -0.05) is 86.1 Å². The molecule has 0 radical (unpaired) electrons. The average Bonchev–Trinajstić information content (AvgIpc) is 3.00. The smallest absolute Gasteiger partial charge is 0.00453 e. The van der Waals surface area contributed by atoms with Crippen LogP contribution < -0.4 is 0 Å². The van der Waals surface area contributed by atoms with Crippen molar-refractivity contribution in [1.82, 2.24) is 0 Å². The molecule has 0 aliphatic heterocycles. The summed E-state index contributed by atoms with van der Waals surface area (Å²) in [5.41, 5.74) is 1.32. The van der Waals surface area contributed by atoms with Gasteiger partial charge < -0.3 is 0 Å². The molecule has 0 unspecified atom stereocenters. The number of hydrogen-bond donors (Lipinski definition) is 0. The van der Waals surface area contributed by atoms with Crippen LogP contribution in [-0.4, -0.2) is 0 Å². The second-order valence-electron chi connectivity index (χ2n) is 3.99. The van der Waals surface area contributed by atoms with Crippen molar-refractivity contribution in [3.05, 3.63) is 46.2 Å². The van der Waals surface area contributed by atoms with Crippen molar-refractivity contribution < 1.29 is 0 Å². The zero-order chi connectivity index (χ0) is 18.4. The molecule has 0 nitrogen and oxygen atoms in total. The van der Waals surface area contributed by atoms with Gasteiger partial charge in [0, 0.05) is 9.75 Å². The molecule has 0 aliphatic rings. The second kappa shape index (κ2) is 28.4. The van der Waals surface area contributed by atoms with Crippen molar-refractivity contribution in [3.8, 4) is 0 Å². The summed E-state index contributed by atoms with van der Waals surface area (Å²) in [7, 11) is 0. The fraction of sp³-hybridized carbons (Fsp3) is 0.619. The summed E-state index contributed by atoms with van der Waals surface area (Å²) >= 11 is 1.89. The summed E-state index contributed by atoms with van der Waals surface area (Å²) in [6.45, 7) is 24.4. The van der Waals surface area contributed by atoms with Gasteiger partial charge in [-0.05, 0) is 38.8 Å². The quantitative estimate of drug-likeness (QED) is 0.488. The Labute approximate surface area is 146 Å². The maximum atomic E-state index is 3.63. The molecule has 0 aromatic carbocycles. The van der Waals surface area contributed by atoms with Crippen LogP contribution in [-0.2, 0) is 6.42 Å². The molecule has 0 saturated heterocycles. The van der Waals surface area contributed by atoms with Crippen molar-refractivity contribution in [2.75, 3.05) is 0 Å². The highest BCUT2D eigenvalue weighted by atomic mass is 32.1. The van der Waals surface area contributed by atoms with Gasteiger partial charge in [0.1, 0.15) is 0 Å². The third-order valence-electron chi connectivity index (χ3n) is 2.19. The van der Waals surface area contributed by atoms with Gasteiger partial charge in [0.05, 0.1) is 0 Å². The molecule has 1 aromatic heterocycles. The van der Waals surface area contributed by atoms with E-state index in [1.165, 1.54) is 28.2 Å². The van der Waals surface area contributed by atoms with E-state index in [0.29, 0.717) is 0 Å². The highest BCUT2D eigenvalue weighted by Gasteiger charge is 1.89. The minimum absolute atomic E-state index is 1.10. The summed E-state index contributed by atoms with van der Waals surface area (Å²) in [6.07, 6.45) is 7.49. The number of hydrogen-bond acceptors (Lipinski definition) is 1. The Hall–Kier alpha value is -0.820. The lowest BCUT2D eigenvalue weighted by Crippen LogP contribution is -1.67. The predicted molar refractivity (Wildman–Crippen MR) is 111 cm³/mol. The normalized spacial score (nSPS) is 8.55. The van der Waals surface area contributed by atoms with Crippen LogP contribution in [0.25, 0.3) is 0 Å². The molecule has 132 valence electrons. The number of allylic oxidation sites excluding steroid dienone is 3. The Morgan fingerprint density at radius 2 is 1.50 bits per heavy atom. The molecule has 1 heterocycles.